The Morgan fingerprint density at radius 2 is 2.05 bits per heavy atom. The lowest BCUT2D eigenvalue weighted by Gasteiger charge is -2.32. The molecule has 1 N–H and O–H groups in total. The first kappa shape index (κ1) is 16.4. The number of piperidine rings is 1. The number of esters is 1. The van der Waals surface area contributed by atoms with E-state index in [1.807, 2.05) is 27.7 Å². The molecule has 1 aliphatic heterocycles. The van der Waals surface area contributed by atoms with E-state index in [1.165, 1.54) is 0 Å². The molecule has 19 heavy (non-hydrogen) atoms. The topological polar surface area (TPSA) is 56.8 Å². The van der Waals surface area contributed by atoms with Crippen molar-refractivity contribution in [3.63, 3.8) is 0 Å². The quantitative estimate of drug-likeness (QED) is 0.565. The zero-order valence-electron chi connectivity index (χ0n) is 12.5. The highest BCUT2D eigenvalue weighted by Gasteiger charge is 2.32. The average molecular weight is 273 g/mol. The van der Waals surface area contributed by atoms with Gasteiger partial charge in [-0.15, -0.1) is 0 Å². The fraction of sp³-hybridized carbons (Fsp3) is 0.929. The average Bonchev–Trinajstić information content (AvgIpc) is 2.36. The van der Waals surface area contributed by atoms with E-state index in [0.29, 0.717) is 13.2 Å². The van der Waals surface area contributed by atoms with Crippen LogP contribution < -0.4 is 5.32 Å². The molecule has 112 valence electrons. The lowest BCUT2D eigenvalue weighted by molar-refractivity contribution is -0.159. The van der Waals surface area contributed by atoms with Crippen molar-refractivity contribution in [3.05, 3.63) is 0 Å². The summed E-state index contributed by atoms with van der Waals surface area (Å²) in [6, 6.07) is -0.259. The molecule has 0 aromatic heterocycles. The van der Waals surface area contributed by atoms with Crippen molar-refractivity contribution in [1.82, 2.24) is 5.32 Å². The predicted molar refractivity (Wildman–Crippen MR) is 72.8 cm³/mol. The van der Waals surface area contributed by atoms with Gasteiger partial charge in [-0.25, -0.2) is 0 Å². The molecular formula is C14H27NO4. The molecule has 0 aromatic rings. The van der Waals surface area contributed by atoms with Gasteiger partial charge in [-0.05, 0) is 47.1 Å². The normalized spacial score (nSPS) is 25.3. The zero-order valence-corrected chi connectivity index (χ0v) is 12.5. The fourth-order valence-electron chi connectivity index (χ4n) is 2.26. The van der Waals surface area contributed by atoms with Crippen molar-refractivity contribution in [1.29, 1.82) is 0 Å². The van der Waals surface area contributed by atoms with Gasteiger partial charge in [0.15, 0.2) is 6.29 Å². The minimum absolute atomic E-state index is 0.0832. The van der Waals surface area contributed by atoms with Crippen LogP contribution in [0.4, 0.5) is 0 Å². The summed E-state index contributed by atoms with van der Waals surface area (Å²) in [5.41, 5.74) is 0. The molecule has 5 nitrogen and oxygen atoms in total. The Bertz CT molecular complexity index is 270. The summed E-state index contributed by atoms with van der Waals surface area (Å²) in [6.45, 7) is 9.54. The van der Waals surface area contributed by atoms with E-state index < -0.39 is 0 Å². The number of nitrogens with one attached hydrogen (secondary N) is 1. The Kier molecular flexibility index (Phi) is 7.34. The number of hydrogen-bond acceptors (Lipinski definition) is 5. The molecule has 1 fully saturated rings. The Morgan fingerprint density at radius 1 is 1.32 bits per heavy atom. The van der Waals surface area contributed by atoms with Gasteiger partial charge < -0.3 is 19.5 Å². The zero-order chi connectivity index (χ0) is 14.3. The molecule has 0 spiro atoms. The lowest BCUT2D eigenvalue weighted by atomic mass is 9.91. The van der Waals surface area contributed by atoms with Crippen molar-refractivity contribution < 1.29 is 19.0 Å². The van der Waals surface area contributed by atoms with Crippen molar-refractivity contribution in [3.8, 4) is 0 Å². The SMILES string of the molecule is CCOC(C)OCC1CCCNC1C(=O)OC(C)C. The molecule has 1 saturated heterocycles. The van der Waals surface area contributed by atoms with Gasteiger partial charge in [-0.2, -0.15) is 0 Å². The largest absolute Gasteiger partial charge is 0.462 e. The van der Waals surface area contributed by atoms with E-state index >= 15 is 0 Å². The van der Waals surface area contributed by atoms with E-state index in [0.717, 1.165) is 19.4 Å². The molecule has 0 bridgehead atoms. The van der Waals surface area contributed by atoms with Gasteiger partial charge in [0.1, 0.15) is 6.04 Å². The molecule has 1 rings (SSSR count). The van der Waals surface area contributed by atoms with E-state index in [-0.39, 0.29) is 30.3 Å². The number of carbonyl (C=O) groups excluding carboxylic acids is 1. The van der Waals surface area contributed by atoms with E-state index in [4.69, 9.17) is 14.2 Å². The number of ether oxygens (including phenoxy) is 3. The molecule has 1 aliphatic rings. The first-order valence-electron chi connectivity index (χ1n) is 7.21. The second-order valence-electron chi connectivity index (χ2n) is 5.18. The molecule has 0 saturated carbocycles. The van der Waals surface area contributed by atoms with Gasteiger partial charge in [0.05, 0.1) is 12.7 Å². The Morgan fingerprint density at radius 3 is 2.68 bits per heavy atom. The lowest BCUT2D eigenvalue weighted by Crippen LogP contribution is -2.50. The summed E-state index contributed by atoms with van der Waals surface area (Å²) in [5.74, 6) is -0.0183. The maximum absolute atomic E-state index is 12.0. The Balaban J connectivity index is 2.45. The van der Waals surface area contributed by atoms with Crippen molar-refractivity contribution in [2.75, 3.05) is 19.8 Å². The van der Waals surface area contributed by atoms with Crippen LogP contribution in [-0.2, 0) is 19.0 Å². The van der Waals surface area contributed by atoms with Crippen LogP contribution in [0.5, 0.6) is 0 Å². The van der Waals surface area contributed by atoms with Crippen molar-refractivity contribution >= 4 is 5.97 Å². The van der Waals surface area contributed by atoms with Crippen LogP contribution in [-0.4, -0.2) is 44.2 Å². The van der Waals surface area contributed by atoms with E-state index in [2.05, 4.69) is 5.32 Å². The molecule has 3 atom stereocenters. The highest BCUT2D eigenvalue weighted by Crippen LogP contribution is 2.19. The van der Waals surface area contributed by atoms with Crippen LogP contribution in [0.25, 0.3) is 0 Å². The van der Waals surface area contributed by atoms with Crippen LogP contribution in [0.2, 0.25) is 0 Å². The minimum Gasteiger partial charge on any atom is -0.462 e. The molecule has 3 unspecified atom stereocenters. The Labute approximate surface area is 116 Å². The van der Waals surface area contributed by atoms with Crippen molar-refractivity contribution in [2.45, 2.75) is 59.0 Å². The summed E-state index contributed by atoms with van der Waals surface area (Å²) in [4.78, 5) is 12.0. The van der Waals surface area contributed by atoms with Gasteiger partial charge in [-0.3, -0.25) is 4.79 Å². The van der Waals surface area contributed by atoms with Crippen LogP contribution >= 0.6 is 0 Å². The molecule has 0 aliphatic carbocycles. The van der Waals surface area contributed by atoms with Gasteiger partial charge in [0.2, 0.25) is 0 Å². The van der Waals surface area contributed by atoms with Crippen LogP contribution in [0, 0.1) is 5.92 Å². The monoisotopic (exact) mass is 273 g/mol. The second-order valence-corrected chi connectivity index (χ2v) is 5.18. The second kappa shape index (κ2) is 8.51. The minimum atomic E-state index is -0.259. The van der Waals surface area contributed by atoms with Gasteiger partial charge in [0.25, 0.3) is 0 Å². The summed E-state index contributed by atoms with van der Waals surface area (Å²) < 4.78 is 16.3. The third-order valence-corrected chi connectivity index (χ3v) is 3.14. The number of rotatable bonds is 7. The van der Waals surface area contributed by atoms with Crippen molar-refractivity contribution in [2.24, 2.45) is 5.92 Å². The summed E-state index contributed by atoms with van der Waals surface area (Å²) in [7, 11) is 0. The summed E-state index contributed by atoms with van der Waals surface area (Å²) >= 11 is 0. The fourth-order valence-corrected chi connectivity index (χ4v) is 2.26. The molecular weight excluding hydrogens is 246 g/mol. The predicted octanol–water partition coefficient (Wildman–Crippen LogP) is 1.71. The Hall–Kier alpha value is -0.650. The first-order valence-corrected chi connectivity index (χ1v) is 7.21. The molecule has 0 aromatic carbocycles. The maximum atomic E-state index is 12.0. The highest BCUT2D eigenvalue weighted by molar-refractivity contribution is 5.76. The van der Waals surface area contributed by atoms with Gasteiger partial charge >= 0.3 is 5.97 Å². The van der Waals surface area contributed by atoms with E-state index in [1.54, 1.807) is 0 Å². The smallest absolute Gasteiger partial charge is 0.323 e. The highest BCUT2D eigenvalue weighted by atomic mass is 16.7. The number of hydrogen-bond donors (Lipinski definition) is 1. The summed E-state index contributed by atoms with van der Waals surface area (Å²) in [6.07, 6.45) is 1.72. The van der Waals surface area contributed by atoms with Gasteiger partial charge in [0, 0.05) is 12.5 Å². The molecule has 0 amide bonds. The first-order chi connectivity index (χ1) is 9.04. The molecule has 1 heterocycles. The number of carbonyl (C=O) groups is 1. The summed E-state index contributed by atoms with van der Waals surface area (Å²) in [5, 5.41) is 3.23. The third kappa shape index (κ3) is 5.89. The van der Waals surface area contributed by atoms with Crippen LogP contribution in [0.15, 0.2) is 0 Å². The van der Waals surface area contributed by atoms with E-state index in [9.17, 15) is 4.79 Å². The van der Waals surface area contributed by atoms with Gasteiger partial charge in [-0.1, -0.05) is 0 Å². The third-order valence-electron chi connectivity index (χ3n) is 3.14. The van der Waals surface area contributed by atoms with Crippen LogP contribution in [0.3, 0.4) is 0 Å². The molecule has 0 radical (unpaired) electrons. The standard InChI is InChI=1S/C14H27NO4/c1-5-17-11(4)18-9-12-7-6-8-15-13(12)14(16)19-10(2)3/h10-13,15H,5-9H2,1-4H3. The molecule has 5 heteroatoms. The van der Waals surface area contributed by atoms with Crippen LogP contribution in [0.1, 0.15) is 40.5 Å². The maximum Gasteiger partial charge on any atom is 0.323 e.